The van der Waals surface area contributed by atoms with E-state index in [9.17, 15) is 0 Å². The van der Waals surface area contributed by atoms with Crippen molar-refractivity contribution in [2.75, 3.05) is 0 Å². The van der Waals surface area contributed by atoms with Crippen molar-refractivity contribution in [1.29, 1.82) is 0 Å². The fourth-order valence-corrected chi connectivity index (χ4v) is 2.23. The van der Waals surface area contributed by atoms with Gasteiger partial charge < -0.3 is 0 Å². The van der Waals surface area contributed by atoms with E-state index < -0.39 is 0 Å². The average Bonchev–Trinajstić information content (AvgIpc) is 2.73. The molecule has 5 heteroatoms. The molecule has 0 radical (unpaired) electrons. The Balaban J connectivity index is 2.23. The van der Waals surface area contributed by atoms with Crippen molar-refractivity contribution in [3.63, 3.8) is 0 Å². The van der Waals surface area contributed by atoms with Crippen LogP contribution in [0.1, 0.15) is 0 Å². The minimum absolute atomic E-state index is 0.841. The Morgan fingerprint density at radius 1 is 0.882 bits per heavy atom. The second kappa shape index (κ2) is 4.23. The van der Waals surface area contributed by atoms with Crippen LogP contribution in [0.25, 0.3) is 17.0 Å². The lowest BCUT2D eigenvalue weighted by atomic mass is 10.3. The summed E-state index contributed by atoms with van der Waals surface area (Å²) in [6.45, 7) is 0. The third-order valence-electron chi connectivity index (χ3n) is 2.45. The Kier molecular flexibility index (Phi) is 2.72. The minimum Gasteiger partial charge on any atom is -0.297 e. The van der Waals surface area contributed by atoms with Crippen LogP contribution in [0.5, 0.6) is 0 Å². The predicted octanol–water partition coefficient (Wildman–Crippen LogP) is 3.92. The van der Waals surface area contributed by atoms with Crippen molar-refractivity contribution in [2.45, 2.75) is 0 Å². The Morgan fingerprint density at radius 2 is 1.71 bits per heavy atom. The molecule has 0 amide bonds. The molecule has 17 heavy (non-hydrogen) atoms. The van der Waals surface area contributed by atoms with E-state index in [1.54, 1.807) is 6.20 Å². The van der Waals surface area contributed by atoms with Gasteiger partial charge in [-0.05, 0) is 56.1 Å². The lowest BCUT2D eigenvalue weighted by Crippen LogP contribution is -1.91. The number of halogens is 2. The smallest absolute Gasteiger partial charge is 0.163 e. The summed E-state index contributed by atoms with van der Waals surface area (Å²) in [5, 5.41) is 0. The second-order valence-electron chi connectivity index (χ2n) is 3.59. The van der Waals surface area contributed by atoms with Crippen molar-refractivity contribution >= 4 is 37.4 Å². The highest BCUT2D eigenvalue weighted by atomic mass is 79.9. The third-order valence-corrected chi connectivity index (χ3v) is 3.39. The topological polar surface area (TPSA) is 30.2 Å². The molecule has 0 spiro atoms. The summed E-state index contributed by atoms with van der Waals surface area (Å²) in [6.07, 6.45) is 5.60. The van der Waals surface area contributed by atoms with Crippen LogP contribution in [-0.4, -0.2) is 14.4 Å². The van der Waals surface area contributed by atoms with E-state index in [0.29, 0.717) is 0 Å². The van der Waals surface area contributed by atoms with Gasteiger partial charge in [0.1, 0.15) is 5.69 Å². The first-order chi connectivity index (χ1) is 8.24. The van der Waals surface area contributed by atoms with E-state index in [4.69, 9.17) is 0 Å². The van der Waals surface area contributed by atoms with Gasteiger partial charge in [0, 0.05) is 21.3 Å². The molecular weight excluding hydrogens is 346 g/mol. The van der Waals surface area contributed by atoms with E-state index in [0.717, 1.165) is 26.0 Å². The summed E-state index contributed by atoms with van der Waals surface area (Å²) in [5.41, 5.74) is 1.90. The summed E-state index contributed by atoms with van der Waals surface area (Å²) < 4.78 is 3.99. The maximum atomic E-state index is 4.40. The number of aromatic nitrogens is 3. The number of rotatable bonds is 1. The van der Waals surface area contributed by atoms with Gasteiger partial charge in [0.2, 0.25) is 0 Å². The van der Waals surface area contributed by atoms with Crippen LogP contribution >= 0.6 is 31.9 Å². The highest BCUT2D eigenvalue weighted by molar-refractivity contribution is 9.10. The zero-order valence-electron chi connectivity index (χ0n) is 8.64. The van der Waals surface area contributed by atoms with Gasteiger partial charge in [-0.1, -0.05) is 0 Å². The summed E-state index contributed by atoms with van der Waals surface area (Å²) in [6, 6.07) is 7.91. The molecule has 0 bridgehead atoms. The van der Waals surface area contributed by atoms with Crippen molar-refractivity contribution in [3.8, 4) is 11.5 Å². The van der Waals surface area contributed by atoms with Crippen molar-refractivity contribution in [1.82, 2.24) is 14.4 Å². The Hall–Kier alpha value is -1.20. The quantitative estimate of drug-likeness (QED) is 0.664. The number of hydrogen-bond donors (Lipinski definition) is 0. The second-order valence-corrected chi connectivity index (χ2v) is 5.42. The Labute approximate surface area is 115 Å². The molecule has 0 fully saturated rings. The van der Waals surface area contributed by atoms with E-state index in [-0.39, 0.29) is 0 Å². The van der Waals surface area contributed by atoms with E-state index in [1.165, 1.54) is 0 Å². The van der Waals surface area contributed by atoms with Crippen LogP contribution in [0.3, 0.4) is 0 Å². The lowest BCUT2D eigenvalue weighted by molar-refractivity contribution is 1.12. The summed E-state index contributed by atoms with van der Waals surface area (Å²) in [7, 11) is 0. The van der Waals surface area contributed by atoms with Crippen molar-refractivity contribution in [2.24, 2.45) is 0 Å². The van der Waals surface area contributed by atoms with Crippen LogP contribution in [0, 0.1) is 0 Å². The molecule has 3 heterocycles. The molecule has 3 aromatic heterocycles. The van der Waals surface area contributed by atoms with Crippen LogP contribution in [0.2, 0.25) is 0 Å². The summed E-state index contributed by atoms with van der Waals surface area (Å²) in [5.74, 6) is 0.841. The highest BCUT2D eigenvalue weighted by Crippen LogP contribution is 2.21. The maximum absolute atomic E-state index is 4.40. The van der Waals surface area contributed by atoms with E-state index in [2.05, 4.69) is 41.8 Å². The molecule has 0 aliphatic heterocycles. The van der Waals surface area contributed by atoms with Gasteiger partial charge in [-0.25, -0.2) is 4.98 Å². The standard InChI is InChI=1S/C12H7Br2N3/c13-8-2-4-11(15-5-8)12-16-6-10-3-1-9(14)7-17(10)12/h1-7H. The predicted molar refractivity (Wildman–Crippen MR) is 73.8 cm³/mol. The molecule has 0 aliphatic rings. The first-order valence-corrected chi connectivity index (χ1v) is 6.57. The lowest BCUT2D eigenvalue weighted by Gasteiger charge is -2.01. The fourth-order valence-electron chi connectivity index (χ4n) is 1.66. The molecule has 0 saturated carbocycles. The molecule has 0 aliphatic carbocycles. The molecule has 0 aromatic carbocycles. The Bertz CT molecular complexity index is 674. The number of fused-ring (bicyclic) bond motifs is 1. The van der Waals surface area contributed by atoms with Crippen molar-refractivity contribution < 1.29 is 0 Å². The van der Waals surface area contributed by atoms with Gasteiger partial charge >= 0.3 is 0 Å². The molecule has 3 aromatic rings. The van der Waals surface area contributed by atoms with Crippen molar-refractivity contribution in [3.05, 3.63) is 51.8 Å². The van der Waals surface area contributed by atoms with Crippen LogP contribution in [-0.2, 0) is 0 Å². The van der Waals surface area contributed by atoms with E-state index in [1.807, 2.05) is 41.1 Å². The Morgan fingerprint density at radius 3 is 2.47 bits per heavy atom. The normalized spacial score (nSPS) is 10.9. The van der Waals surface area contributed by atoms with Gasteiger partial charge in [0.25, 0.3) is 0 Å². The van der Waals surface area contributed by atoms with Gasteiger partial charge in [-0.15, -0.1) is 0 Å². The first kappa shape index (κ1) is 10.9. The largest absolute Gasteiger partial charge is 0.297 e. The third kappa shape index (κ3) is 2.00. The maximum Gasteiger partial charge on any atom is 0.163 e. The summed E-state index contributed by atoms with van der Waals surface area (Å²) in [4.78, 5) is 8.76. The number of imidazole rings is 1. The minimum atomic E-state index is 0.841. The number of nitrogens with zero attached hydrogens (tertiary/aromatic N) is 3. The zero-order chi connectivity index (χ0) is 11.8. The van der Waals surface area contributed by atoms with Gasteiger partial charge in [-0.3, -0.25) is 9.38 Å². The number of hydrogen-bond acceptors (Lipinski definition) is 2. The SMILES string of the molecule is Brc1ccc(-c2ncc3ccc(Br)cn23)nc1. The monoisotopic (exact) mass is 351 g/mol. The molecule has 3 rings (SSSR count). The zero-order valence-corrected chi connectivity index (χ0v) is 11.8. The fraction of sp³-hybridized carbons (Fsp3) is 0. The van der Waals surface area contributed by atoms with Crippen LogP contribution < -0.4 is 0 Å². The molecule has 0 N–H and O–H groups in total. The molecule has 3 nitrogen and oxygen atoms in total. The first-order valence-electron chi connectivity index (χ1n) is 4.98. The van der Waals surface area contributed by atoms with Gasteiger partial charge in [-0.2, -0.15) is 0 Å². The van der Waals surface area contributed by atoms with Crippen LogP contribution in [0.15, 0.2) is 51.8 Å². The van der Waals surface area contributed by atoms with Gasteiger partial charge in [0.05, 0.1) is 11.7 Å². The molecule has 0 saturated heterocycles. The molecule has 0 atom stereocenters. The van der Waals surface area contributed by atoms with Gasteiger partial charge in [0.15, 0.2) is 5.82 Å². The highest BCUT2D eigenvalue weighted by Gasteiger charge is 2.07. The molecule has 84 valence electrons. The summed E-state index contributed by atoms with van der Waals surface area (Å²) >= 11 is 6.83. The van der Waals surface area contributed by atoms with Crippen LogP contribution in [0.4, 0.5) is 0 Å². The number of pyridine rings is 2. The van der Waals surface area contributed by atoms with E-state index >= 15 is 0 Å². The molecule has 0 unspecified atom stereocenters. The molecular formula is C12H7Br2N3. The average molecular weight is 353 g/mol.